The Labute approximate surface area is 90.4 Å². The number of hydrogen-bond donors (Lipinski definition) is 1. The Balaban J connectivity index is 2.38. The Morgan fingerprint density at radius 1 is 1.27 bits per heavy atom. The zero-order valence-electron chi connectivity index (χ0n) is 9.20. The molecule has 0 atom stereocenters. The molecule has 1 heterocycles. The summed E-state index contributed by atoms with van der Waals surface area (Å²) >= 11 is 0. The standard InChI is InChI=1S/C13H16N2/c1-10(2)7-11-5-3-4-6-12(11)13-8-14-9-15-13/h3-6,8-10H,7H2,1-2H3,(H,14,15). The van der Waals surface area contributed by atoms with Crippen molar-refractivity contribution in [2.75, 3.05) is 0 Å². The summed E-state index contributed by atoms with van der Waals surface area (Å²) in [6.45, 7) is 4.47. The van der Waals surface area contributed by atoms with Crippen LogP contribution < -0.4 is 0 Å². The molecule has 0 saturated heterocycles. The molecule has 0 saturated carbocycles. The molecule has 0 unspecified atom stereocenters. The molecule has 78 valence electrons. The smallest absolute Gasteiger partial charge is 0.0927 e. The van der Waals surface area contributed by atoms with Gasteiger partial charge in [-0.25, -0.2) is 4.98 Å². The van der Waals surface area contributed by atoms with Crippen molar-refractivity contribution in [3.05, 3.63) is 42.4 Å². The van der Waals surface area contributed by atoms with Gasteiger partial charge in [0.25, 0.3) is 0 Å². The average Bonchev–Trinajstić information content (AvgIpc) is 2.70. The molecule has 0 bridgehead atoms. The molecule has 15 heavy (non-hydrogen) atoms. The summed E-state index contributed by atoms with van der Waals surface area (Å²) in [6.07, 6.45) is 4.77. The molecule has 0 spiro atoms. The quantitative estimate of drug-likeness (QED) is 0.809. The van der Waals surface area contributed by atoms with Gasteiger partial charge in [-0.05, 0) is 17.9 Å². The highest BCUT2D eigenvalue weighted by molar-refractivity contribution is 5.62. The molecule has 2 heteroatoms. The van der Waals surface area contributed by atoms with Gasteiger partial charge in [0.2, 0.25) is 0 Å². The van der Waals surface area contributed by atoms with Crippen LogP contribution >= 0.6 is 0 Å². The van der Waals surface area contributed by atoms with Gasteiger partial charge >= 0.3 is 0 Å². The maximum absolute atomic E-state index is 4.30. The molecule has 1 aromatic carbocycles. The van der Waals surface area contributed by atoms with E-state index in [1.165, 1.54) is 11.1 Å². The van der Waals surface area contributed by atoms with E-state index in [1.54, 1.807) is 6.33 Å². The van der Waals surface area contributed by atoms with Crippen molar-refractivity contribution in [3.8, 4) is 11.3 Å². The summed E-state index contributed by atoms with van der Waals surface area (Å²) in [7, 11) is 0. The van der Waals surface area contributed by atoms with Crippen LogP contribution in [0.3, 0.4) is 0 Å². The van der Waals surface area contributed by atoms with Gasteiger partial charge in [-0.1, -0.05) is 38.1 Å². The Bertz CT molecular complexity index is 416. The van der Waals surface area contributed by atoms with Gasteiger partial charge in [0.15, 0.2) is 0 Å². The highest BCUT2D eigenvalue weighted by atomic mass is 14.9. The Kier molecular flexibility index (Phi) is 2.86. The normalized spacial score (nSPS) is 10.9. The van der Waals surface area contributed by atoms with Gasteiger partial charge in [-0.2, -0.15) is 0 Å². The van der Waals surface area contributed by atoms with Crippen molar-refractivity contribution >= 4 is 0 Å². The summed E-state index contributed by atoms with van der Waals surface area (Å²) in [5.41, 5.74) is 3.65. The minimum atomic E-state index is 0.671. The second-order valence-corrected chi connectivity index (χ2v) is 4.21. The monoisotopic (exact) mass is 200 g/mol. The third kappa shape index (κ3) is 2.27. The van der Waals surface area contributed by atoms with Crippen molar-refractivity contribution in [2.45, 2.75) is 20.3 Å². The van der Waals surface area contributed by atoms with Crippen LogP contribution in [0.1, 0.15) is 19.4 Å². The number of hydrogen-bond acceptors (Lipinski definition) is 1. The van der Waals surface area contributed by atoms with E-state index in [0.29, 0.717) is 5.92 Å². The number of imidazole rings is 1. The Hall–Kier alpha value is -1.57. The first-order chi connectivity index (χ1) is 7.27. The predicted molar refractivity (Wildman–Crippen MR) is 62.6 cm³/mol. The fraction of sp³-hybridized carbons (Fsp3) is 0.308. The van der Waals surface area contributed by atoms with Crippen LogP contribution in [-0.2, 0) is 6.42 Å². The maximum Gasteiger partial charge on any atom is 0.0927 e. The molecule has 1 N–H and O–H groups in total. The highest BCUT2D eigenvalue weighted by Crippen LogP contribution is 2.23. The lowest BCUT2D eigenvalue weighted by molar-refractivity contribution is 0.648. The van der Waals surface area contributed by atoms with Crippen LogP contribution in [-0.4, -0.2) is 9.97 Å². The lowest BCUT2D eigenvalue weighted by Gasteiger charge is -2.09. The van der Waals surface area contributed by atoms with Crippen molar-refractivity contribution in [3.63, 3.8) is 0 Å². The molecule has 0 amide bonds. The molecule has 0 aliphatic heterocycles. The van der Waals surface area contributed by atoms with E-state index < -0.39 is 0 Å². The summed E-state index contributed by atoms with van der Waals surface area (Å²) in [4.78, 5) is 7.30. The molecule has 0 fully saturated rings. The third-order valence-electron chi connectivity index (χ3n) is 2.42. The zero-order valence-corrected chi connectivity index (χ0v) is 9.20. The van der Waals surface area contributed by atoms with Gasteiger partial charge in [0.05, 0.1) is 12.0 Å². The number of rotatable bonds is 3. The van der Waals surface area contributed by atoms with Gasteiger partial charge in [-0.15, -0.1) is 0 Å². The number of benzene rings is 1. The van der Waals surface area contributed by atoms with E-state index in [2.05, 4.69) is 48.1 Å². The number of nitrogens with zero attached hydrogens (tertiary/aromatic N) is 1. The topological polar surface area (TPSA) is 28.7 Å². The summed E-state index contributed by atoms with van der Waals surface area (Å²) in [6, 6.07) is 8.47. The SMILES string of the molecule is CC(C)Cc1ccccc1-c1c[nH]cn1. The molecular formula is C13H16N2. The number of nitrogens with one attached hydrogen (secondary N) is 1. The molecule has 0 aliphatic carbocycles. The first-order valence-corrected chi connectivity index (χ1v) is 5.34. The van der Waals surface area contributed by atoms with E-state index in [4.69, 9.17) is 0 Å². The van der Waals surface area contributed by atoms with Crippen LogP contribution in [0.15, 0.2) is 36.8 Å². The van der Waals surface area contributed by atoms with Gasteiger partial charge in [-0.3, -0.25) is 0 Å². The first kappa shape index (κ1) is 9.97. The van der Waals surface area contributed by atoms with Crippen molar-refractivity contribution in [1.82, 2.24) is 9.97 Å². The van der Waals surface area contributed by atoms with Gasteiger partial charge < -0.3 is 4.98 Å². The Morgan fingerprint density at radius 3 is 2.73 bits per heavy atom. The number of aromatic amines is 1. The molecule has 2 nitrogen and oxygen atoms in total. The third-order valence-corrected chi connectivity index (χ3v) is 2.42. The molecule has 1 aromatic heterocycles. The van der Waals surface area contributed by atoms with Crippen molar-refractivity contribution < 1.29 is 0 Å². The van der Waals surface area contributed by atoms with E-state index in [1.807, 2.05) is 6.20 Å². The minimum Gasteiger partial charge on any atom is -0.351 e. The van der Waals surface area contributed by atoms with Crippen LogP contribution in [0, 0.1) is 5.92 Å². The fourth-order valence-electron chi connectivity index (χ4n) is 1.80. The molecule has 0 aliphatic rings. The van der Waals surface area contributed by atoms with Crippen LogP contribution in [0.5, 0.6) is 0 Å². The van der Waals surface area contributed by atoms with E-state index in [9.17, 15) is 0 Å². The van der Waals surface area contributed by atoms with Crippen LogP contribution in [0.25, 0.3) is 11.3 Å². The molecule has 2 rings (SSSR count). The van der Waals surface area contributed by atoms with Gasteiger partial charge in [0.1, 0.15) is 0 Å². The first-order valence-electron chi connectivity index (χ1n) is 5.34. The van der Waals surface area contributed by atoms with E-state index >= 15 is 0 Å². The fourth-order valence-corrected chi connectivity index (χ4v) is 1.80. The van der Waals surface area contributed by atoms with Crippen molar-refractivity contribution in [2.24, 2.45) is 5.92 Å². The summed E-state index contributed by atoms with van der Waals surface area (Å²) in [5.74, 6) is 0.671. The minimum absolute atomic E-state index is 0.671. The average molecular weight is 200 g/mol. The largest absolute Gasteiger partial charge is 0.351 e. The summed E-state index contributed by atoms with van der Waals surface area (Å²) < 4.78 is 0. The lowest BCUT2D eigenvalue weighted by atomic mass is 9.97. The van der Waals surface area contributed by atoms with E-state index in [0.717, 1.165) is 12.1 Å². The van der Waals surface area contributed by atoms with Crippen LogP contribution in [0.4, 0.5) is 0 Å². The molecule has 2 aromatic rings. The number of aromatic nitrogens is 2. The highest BCUT2D eigenvalue weighted by Gasteiger charge is 2.07. The maximum atomic E-state index is 4.30. The van der Waals surface area contributed by atoms with E-state index in [-0.39, 0.29) is 0 Å². The predicted octanol–water partition coefficient (Wildman–Crippen LogP) is 3.28. The summed E-state index contributed by atoms with van der Waals surface area (Å²) in [5, 5.41) is 0. The second-order valence-electron chi connectivity index (χ2n) is 4.21. The Morgan fingerprint density at radius 2 is 2.07 bits per heavy atom. The lowest BCUT2D eigenvalue weighted by Crippen LogP contribution is -1.96. The van der Waals surface area contributed by atoms with Crippen molar-refractivity contribution in [1.29, 1.82) is 0 Å². The molecular weight excluding hydrogens is 184 g/mol. The van der Waals surface area contributed by atoms with Gasteiger partial charge in [0, 0.05) is 11.8 Å². The number of H-pyrrole nitrogens is 1. The second kappa shape index (κ2) is 4.30. The molecule has 0 radical (unpaired) electrons. The zero-order chi connectivity index (χ0) is 10.7. The van der Waals surface area contributed by atoms with Crippen LogP contribution in [0.2, 0.25) is 0 Å².